The maximum absolute atomic E-state index is 12.9. The molecule has 0 aliphatic carbocycles. The molecule has 5 amide bonds. The first-order chi connectivity index (χ1) is 16.8. The third-order valence-corrected chi connectivity index (χ3v) is 5.08. The van der Waals surface area contributed by atoms with Crippen molar-refractivity contribution in [3.63, 3.8) is 0 Å². The van der Waals surface area contributed by atoms with Crippen molar-refractivity contribution in [2.75, 3.05) is 18.6 Å². The second-order valence-electron chi connectivity index (χ2n) is 8.81. The van der Waals surface area contributed by atoms with Crippen molar-refractivity contribution in [3.8, 4) is 0 Å². The number of primary amides is 1. The second kappa shape index (κ2) is 14.8. The van der Waals surface area contributed by atoms with E-state index in [1.165, 1.54) is 24.8 Å². The van der Waals surface area contributed by atoms with Gasteiger partial charge in [0, 0.05) is 0 Å². The van der Waals surface area contributed by atoms with Crippen LogP contribution in [0.1, 0.15) is 39.7 Å². The fraction of sp³-hybridized carbons (Fsp3) is 0.458. The zero-order valence-electron chi connectivity index (χ0n) is 21.2. The summed E-state index contributed by atoms with van der Waals surface area (Å²) >= 11 is 1.50. The van der Waals surface area contributed by atoms with Gasteiger partial charge in [0.15, 0.2) is 0 Å². The Morgan fingerprint density at radius 3 is 2.28 bits per heavy atom. The van der Waals surface area contributed by atoms with E-state index in [2.05, 4.69) is 21.3 Å². The van der Waals surface area contributed by atoms with Crippen LogP contribution in [-0.4, -0.2) is 66.0 Å². The highest BCUT2D eigenvalue weighted by molar-refractivity contribution is 7.98. The van der Waals surface area contributed by atoms with Gasteiger partial charge >= 0.3 is 6.09 Å². The van der Waals surface area contributed by atoms with E-state index in [4.69, 9.17) is 10.5 Å². The van der Waals surface area contributed by atoms with Gasteiger partial charge in [-0.25, -0.2) is 4.79 Å². The predicted octanol–water partition coefficient (Wildman–Crippen LogP) is 0.896. The van der Waals surface area contributed by atoms with E-state index in [-0.39, 0.29) is 5.70 Å². The summed E-state index contributed by atoms with van der Waals surface area (Å²) in [5.41, 5.74) is 5.17. The molecule has 12 heteroatoms. The number of hydrogen-bond acceptors (Lipinski definition) is 7. The molecule has 0 aliphatic heterocycles. The molecule has 1 aromatic rings. The second-order valence-corrected chi connectivity index (χ2v) is 9.80. The molecule has 11 nitrogen and oxygen atoms in total. The van der Waals surface area contributed by atoms with Crippen molar-refractivity contribution in [2.45, 2.75) is 51.8 Å². The molecule has 2 atom stereocenters. The number of nitrogens with one attached hydrogen (secondary N) is 4. The number of amides is 5. The molecule has 0 radical (unpaired) electrons. The van der Waals surface area contributed by atoms with Crippen LogP contribution < -0.4 is 27.0 Å². The number of alkyl carbamates (subject to hydrolysis) is 1. The molecule has 1 aromatic carbocycles. The van der Waals surface area contributed by atoms with Gasteiger partial charge in [-0.05, 0) is 57.8 Å². The first-order valence-corrected chi connectivity index (χ1v) is 12.6. The van der Waals surface area contributed by atoms with Gasteiger partial charge in [0.1, 0.15) is 23.4 Å². The molecule has 0 saturated heterocycles. The number of hydrogen-bond donors (Lipinski definition) is 5. The summed E-state index contributed by atoms with van der Waals surface area (Å²) in [6, 6.07) is 6.88. The molecule has 0 aliphatic rings. The molecule has 1 rings (SSSR count). The van der Waals surface area contributed by atoms with Gasteiger partial charge in [-0.1, -0.05) is 30.3 Å². The maximum Gasteiger partial charge on any atom is 0.408 e. The number of rotatable bonds is 12. The Balaban J connectivity index is 2.84. The van der Waals surface area contributed by atoms with E-state index < -0.39 is 54.0 Å². The lowest BCUT2D eigenvalue weighted by Gasteiger charge is -2.21. The lowest BCUT2D eigenvalue weighted by atomic mass is 10.1. The zero-order chi connectivity index (χ0) is 27.3. The van der Waals surface area contributed by atoms with Crippen molar-refractivity contribution in [1.29, 1.82) is 0 Å². The molecule has 198 valence electrons. The quantitative estimate of drug-likeness (QED) is 0.255. The minimum absolute atomic E-state index is 0.129. The van der Waals surface area contributed by atoms with Crippen molar-refractivity contribution < 1.29 is 28.7 Å². The van der Waals surface area contributed by atoms with Crippen molar-refractivity contribution in [3.05, 3.63) is 41.6 Å². The zero-order valence-corrected chi connectivity index (χ0v) is 22.0. The number of carbonyl (C=O) groups excluding carboxylic acids is 5. The highest BCUT2D eigenvalue weighted by Gasteiger charge is 2.23. The lowest BCUT2D eigenvalue weighted by Crippen LogP contribution is -2.50. The Kier molecular flexibility index (Phi) is 12.5. The van der Waals surface area contributed by atoms with E-state index in [1.54, 1.807) is 51.1 Å². The van der Waals surface area contributed by atoms with E-state index in [1.807, 2.05) is 6.26 Å². The Labute approximate surface area is 215 Å². The molecular weight excluding hydrogens is 486 g/mol. The van der Waals surface area contributed by atoms with Crippen LogP contribution in [0.3, 0.4) is 0 Å². The van der Waals surface area contributed by atoms with Crippen LogP contribution >= 0.6 is 11.8 Å². The molecular formula is C24H35N5O6S. The average molecular weight is 522 g/mol. The number of nitrogens with two attached hydrogens (primary N) is 1. The van der Waals surface area contributed by atoms with Gasteiger partial charge in [-0.3, -0.25) is 19.2 Å². The van der Waals surface area contributed by atoms with Crippen LogP contribution in [0.2, 0.25) is 0 Å². The summed E-state index contributed by atoms with van der Waals surface area (Å²) in [4.78, 5) is 61.3. The van der Waals surface area contributed by atoms with Gasteiger partial charge in [0.2, 0.25) is 17.7 Å². The molecule has 0 fully saturated rings. The van der Waals surface area contributed by atoms with Crippen LogP contribution in [0, 0.1) is 0 Å². The molecule has 6 N–H and O–H groups in total. The molecule has 0 heterocycles. The summed E-state index contributed by atoms with van der Waals surface area (Å²) in [6.45, 7) is 6.03. The van der Waals surface area contributed by atoms with Crippen LogP contribution in [-0.2, 0) is 23.9 Å². The summed E-state index contributed by atoms with van der Waals surface area (Å²) in [7, 11) is 0. The lowest BCUT2D eigenvalue weighted by molar-refractivity contribution is -0.128. The summed E-state index contributed by atoms with van der Waals surface area (Å²) in [5, 5.41) is 9.76. The summed E-state index contributed by atoms with van der Waals surface area (Å²) in [6.07, 6.45) is 2.85. The Morgan fingerprint density at radius 1 is 1.08 bits per heavy atom. The monoisotopic (exact) mass is 521 g/mol. The SMILES string of the molecule is CSCC[C@H](NC(=O)C(=Cc1ccccc1)NC(=O)CNC(=O)[C@@H](C)NC(=O)OC(C)(C)C)C(N)=O. The van der Waals surface area contributed by atoms with Crippen LogP contribution in [0.15, 0.2) is 36.0 Å². The topological polar surface area (TPSA) is 169 Å². The summed E-state index contributed by atoms with van der Waals surface area (Å²) < 4.78 is 5.10. The van der Waals surface area contributed by atoms with Crippen molar-refractivity contribution in [2.24, 2.45) is 5.73 Å². The third kappa shape index (κ3) is 12.2. The fourth-order valence-corrected chi connectivity index (χ4v) is 3.17. The predicted molar refractivity (Wildman–Crippen MR) is 139 cm³/mol. The fourth-order valence-electron chi connectivity index (χ4n) is 2.70. The molecule has 36 heavy (non-hydrogen) atoms. The average Bonchev–Trinajstić information content (AvgIpc) is 2.78. The number of thioether (sulfide) groups is 1. The molecule has 0 aromatic heterocycles. The number of carbonyl (C=O) groups is 5. The van der Waals surface area contributed by atoms with Gasteiger partial charge in [0.05, 0.1) is 6.54 Å². The first kappa shape index (κ1) is 30.5. The maximum atomic E-state index is 12.9. The number of benzene rings is 1. The highest BCUT2D eigenvalue weighted by atomic mass is 32.2. The number of ether oxygens (including phenoxy) is 1. The van der Waals surface area contributed by atoms with Gasteiger partial charge in [0.25, 0.3) is 5.91 Å². The van der Waals surface area contributed by atoms with E-state index >= 15 is 0 Å². The first-order valence-electron chi connectivity index (χ1n) is 11.2. The molecule has 0 spiro atoms. The van der Waals surface area contributed by atoms with E-state index in [0.29, 0.717) is 17.7 Å². The van der Waals surface area contributed by atoms with Crippen LogP contribution in [0.4, 0.5) is 4.79 Å². The van der Waals surface area contributed by atoms with Crippen molar-refractivity contribution >= 4 is 47.6 Å². The largest absolute Gasteiger partial charge is 0.444 e. The van der Waals surface area contributed by atoms with Gasteiger partial charge < -0.3 is 31.7 Å². The van der Waals surface area contributed by atoms with E-state index in [0.717, 1.165) is 0 Å². The normalized spacial score (nSPS) is 13.1. The highest BCUT2D eigenvalue weighted by Crippen LogP contribution is 2.08. The molecule has 0 saturated carbocycles. The Hall–Kier alpha value is -3.54. The van der Waals surface area contributed by atoms with Crippen molar-refractivity contribution in [1.82, 2.24) is 21.3 Å². The van der Waals surface area contributed by atoms with E-state index in [9.17, 15) is 24.0 Å². The summed E-state index contributed by atoms with van der Waals surface area (Å²) in [5.74, 6) is -2.12. The van der Waals surface area contributed by atoms with Crippen LogP contribution in [0.25, 0.3) is 6.08 Å². The standard InChI is InChI=1S/C24H35N5O6S/c1-15(27-23(34)35-24(2,3)4)21(32)26-14-19(30)28-18(13-16-9-7-6-8-10-16)22(33)29-17(20(25)31)11-12-36-5/h6-10,13,15,17H,11-12,14H2,1-5H3,(H2,25,31)(H,26,32)(H,27,34)(H,28,30)(H,29,33)/t15-,17+/m1/s1. The van der Waals surface area contributed by atoms with Crippen LogP contribution in [0.5, 0.6) is 0 Å². The Bertz CT molecular complexity index is 961. The van der Waals surface area contributed by atoms with Gasteiger partial charge in [-0.2, -0.15) is 11.8 Å². The Morgan fingerprint density at radius 2 is 1.72 bits per heavy atom. The minimum Gasteiger partial charge on any atom is -0.444 e. The third-order valence-electron chi connectivity index (χ3n) is 4.44. The minimum atomic E-state index is -0.969. The molecule has 0 unspecified atom stereocenters. The molecule has 0 bridgehead atoms. The van der Waals surface area contributed by atoms with Gasteiger partial charge in [-0.15, -0.1) is 0 Å². The smallest absolute Gasteiger partial charge is 0.408 e.